The number of aromatic nitrogens is 2. The summed E-state index contributed by atoms with van der Waals surface area (Å²) in [5, 5.41) is 2.31. The Hall–Kier alpha value is -4.45. The summed E-state index contributed by atoms with van der Waals surface area (Å²) in [5.41, 5.74) is -0.461. The first-order valence-electron chi connectivity index (χ1n) is 18.4. The SMILES string of the molecule is COC(=O)C(C)(C)COc1nc(N2CC3CCC(C2)N3C(=O)OC(C)(C)C)c2ccc(-c3cc(O[Si](C)(C)C(C)(C)C)cc4ccccc34)c(F)c2n1. The number of hydrogen-bond donors (Lipinski definition) is 0. The van der Waals surface area contributed by atoms with Crippen LogP contribution in [0.3, 0.4) is 0 Å². The summed E-state index contributed by atoms with van der Waals surface area (Å²) < 4.78 is 40.8. The number of halogens is 1. The van der Waals surface area contributed by atoms with Gasteiger partial charge in [0.15, 0.2) is 5.82 Å². The van der Waals surface area contributed by atoms with E-state index in [1.165, 1.54) is 7.11 Å². The average Bonchev–Trinajstić information content (AvgIpc) is 3.34. The van der Waals surface area contributed by atoms with Gasteiger partial charge in [-0.2, -0.15) is 9.97 Å². The van der Waals surface area contributed by atoms with E-state index in [1.807, 2.05) is 68.1 Å². The molecule has 2 fully saturated rings. The van der Waals surface area contributed by atoms with Crippen LogP contribution in [0.15, 0.2) is 48.5 Å². The number of carbonyl (C=O) groups is 2. The van der Waals surface area contributed by atoms with Gasteiger partial charge in [-0.05, 0) is 100 Å². The van der Waals surface area contributed by atoms with Gasteiger partial charge in [-0.3, -0.25) is 9.69 Å². The minimum absolute atomic E-state index is 0.0307. The molecule has 0 spiro atoms. The molecule has 2 aliphatic heterocycles. The van der Waals surface area contributed by atoms with E-state index in [-0.39, 0.29) is 41.3 Å². The molecule has 284 valence electrons. The molecule has 2 bridgehead atoms. The Balaban J connectivity index is 1.46. The molecule has 2 atom stereocenters. The van der Waals surface area contributed by atoms with Gasteiger partial charge in [0, 0.05) is 24.0 Å². The molecule has 0 radical (unpaired) electrons. The van der Waals surface area contributed by atoms with E-state index in [0.717, 1.165) is 23.6 Å². The van der Waals surface area contributed by atoms with Crippen molar-refractivity contribution in [3.05, 3.63) is 54.3 Å². The second-order valence-corrected chi connectivity index (χ2v) is 22.3. The highest BCUT2D eigenvalue weighted by molar-refractivity contribution is 6.74. The number of fused-ring (bicyclic) bond motifs is 4. The zero-order valence-electron chi connectivity index (χ0n) is 32.9. The third kappa shape index (κ3) is 7.65. The first kappa shape index (κ1) is 38.3. The number of ether oxygens (including phenoxy) is 3. The van der Waals surface area contributed by atoms with Gasteiger partial charge >= 0.3 is 18.1 Å². The van der Waals surface area contributed by atoms with Crippen LogP contribution in [0.5, 0.6) is 11.8 Å². The summed E-state index contributed by atoms with van der Waals surface area (Å²) in [6, 6.07) is 15.3. The number of rotatable bonds is 8. The number of amides is 1. The van der Waals surface area contributed by atoms with Crippen molar-refractivity contribution >= 4 is 47.9 Å². The highest BCUT2D eigenvalue weighted by Crippen LogP contribution is 2.43. The van der Waals surface area contributed by atoms with Crippen LogP contribution in [0.1, 0.15) is 68.2 Å². The van der Waals surface area contributed by atoms with Crippen molar-refractivity contribution in [2.75, 3.05) is 31.7 Å². The zero-order valence-corrected chi connectivity index (χ0v) is 33.9. The Morgan fingerprint density at radius 3 is 2.17 bits per heavy atom. The van der Waals surface area contributed by atoms with Crippen LogP contribution in [0.4, 0.5) is 15.0 Å². The topological polar surface area (TPSA) is 103 Å². The molecule has 4 aromatic rings. The van der Waals surface area contributed by atoms with Gasteiger partial charge in [0.2, 0.25) is 8.32 Å². The van der Waals surface area contributed by atoms with Crippen LogP contribution < -0.4 is 14.1 Å². The predicted octanol–water partition coefficient (Wildman–Crippen LogP) is 9.14. The van der Waals surface area contributed by atoms with Gasteiger partial charge < -0.3 is 23.5 Å². The van der Waals surface area contributed by atoms with E-state index >= 15 is 4.39 Å². The number of esters is 1. The molecule has 2 aliphatic rings. The second kappa shape index (κ2) is 13.8. The third-order valence-corrected chi connectivity index (χ3v) is 15.1. The van der Waals surface area contributed by atoms with Crippen molar-refractivity contribution in [1.29, 1.82) is 0 Å². The normalized spacial score (nSPS) is 18.0. The standard InChI is InChI=1S/C41H53FN4O6Si/c1-39(2,3)51-38(48)46-26-16-17-27(46)23-45(22-26)35-31-19-18-30(33(42)34(31)43-37(44-35)50-24-41(7,8)36(47)49-9)32-21-28(52-53(10,11)40(4,5)6)20-25-14-12-13-15-29(25)32/h12-15,18-21,26-27H,16-17,22-24H2,1-11H3. The van der Waals surface area contributed by atoms with Crippen molar-refractivity contribution in [1.82, 2.24) is 14.9 Å². The molecule has 0 N–H and O–H groups in total. The van der Waals surface area contributed by atoms with Crippen LogP contribution in [-0.2, 0) is 14.3 Å². The van der Waals surface area contributed by atoms with Crippen LogP contribution >= 0.6 is 0 Å². The second-order valence-electron chi connectivity index (χ2n) is 17.5. The predicted molar refractivity (Wildman–Crippen MR) is 209 cm³/mol. The van der Waals surface area contributed by atoms with E-state index in [4.69, 9.17) is 23.6 Å². The maximum Gasteiger partial charge on any atom is 0.410 e. The Morgan fingerprint density at radius 2 is 1.55 bits per heavy atom. The van der Waals surface area contributed by atoms with E-state index in [0.29, 0.717) is 41.2 Å². The average molecular weight is 745 g/mol. The highest BCUT2D eigenvalue weighted by Gasteiger charge is 2.45. The van der Waals surface area contributed by atoms with Crippen LogP contribution in [0, 0.1) is 11.2 Å². The van der Waals surface area contributed by atoms with Gasteiger partial charge in [0.25, 0.3) is 0 Å². The summed E-state index contributed by atoms with van der Waals surface area (Å²) in [6.07, 6.45) is 1.31. The summed E-state index contributed by atoms with van der Waals surface area (Å²) in [7, 11) is -0.890. The lowest BCUT2D eigenvalue weighted by molar-refractivity contribution is -0.152. The van der Waals surface area contributed by atoms with Crippen LogP contribution in [0.2, 0.25) is 18.1 Å². The Labute approximate surface area is 313 Å². The lowest BCUT2D eigenvalue weighted by Crippen LogP contribution is -2.57. The lowest BCUT2D eigenvalue weighted by Gasteiger charge is -2.42. The number of methoxy groups -OCH3 is 1. The third-order valence-electron chi connectivity index (χ3n) is 10.8. The van der Waals surface area contributed by atoms with Crippen LogP contribution in [-0.4, -0.2) is 79.7 Å². The molecule has 10 nitrogen and oxygen atoms in total. The smallest absolute Gasteiger partial charge is 0.410 e. The van der Waals surface area contributed by atoms with E-state index in [9.17, 15) is 9.59 Å². The minimum Gasteiger partial charge on any atom is -0.543 e. The number of nitrogens with zero attached hydrogens (tertiary/aromatic N) is 4. The van der Waals surface area contributed by atoms with Crippen molar-refractivity contribution in [3.8, 4) is 22.9 Å². The Kier molecular flexibility index (Phi) is 9.93. The molecule has 3 heterocycles. The first-order valence-corrected chi connectivity index (χ1v) is 21.3. The lowest BCUT2D eigenvalue weighted by atomic mass is 9.95. The molecule has 1 amide bonds. The molecule has 2 unspecified atom stereocenters. The van der Waals surface area contributed by atoms with Crippen molar-refractivity contribution in [2.24, 2.45) is 5.41 Å². The molecule has 2 saturated heterocycles. The molecular formula is C41H53FN4O6Si. The fraction of sp³-hybridized carbons (Fsp3) is 0.512. The molecule has 0 saturated carbocycles. The Bertz CT molecular complexity index is 2040. The van der Waals surface area contributed by atoms with Crippen molar-refractivity contribution in [3.63, 3.8) is 0 Å². The quantitative estimate of drug-likeness (QED) is 0.129. The number of carbonyl (C=O) groups excluding carboxylic acids is 2. The maximum absolute atomic E-state index is 17.3. The molecule has 6 rings (SSSR count). The zero-order chi connectivity index (χ0) is 38.7. The van der Waals surface area contributed by atoms with Crippen LogP contribution in [0.25, 0.3) is 32.8 Å². The number of piperazine rings is 1. The van der Waals surface area contributed by atoms with Gasteiger partial charge in [0.1, 0.15) is 29.3 Å². The van der Waals surface area contributed by atoms with E-state index < -0.39 is 31.1 Å². The summed E-state index contributed by atoms with van der Waals surface area (Å²) in [5.74, 6) is 0.231. The largest absolute Gasteiger partial charge is 0.543 e. The Morgan fingerprint density at radius 1 is 0.887 bits per heavy atom. The molecular weight excluding hydrogens is 692 g/mol. The molecule has 0 aliphatic carbocycles. The maximum atomic E-state index is 17.3. The summed E-state index contributed by atoms with van der Waals surface area (Å²) >= 11 is 0. The summed E-state index contributed by atoms with van der Waals surface area (Å²) in [4.78, 5) is 39.2. The number of hydrogen-bond acceptors (Lipinski definition) is 9. The monoisotopic (exact) mass is 744 g/mol. The van der Waals surface area contributed by atoms with Gasteiger partial charge in [0.05, 0.1) is 24.6 Å². The fourth-order valence-electron chi connectivity index (χ4n) is 6.92. The van der Waals surface area contributed by atoms with E-state index in [1.54, 1.807) is 19.9 Å². The van der Waals surface area contributed by atoms with Gasteiger partial charge in [-0.25, -0.2) is 9.18 Å². The van der Waals surface area contributed by atoms with Crippen molar-refractivity contribution in [2.45, 2.75) is 104 Å². The number of benzene rings is 3. The minimum atomic E-state index is -2.22. The molecule has 12 heteroatoms. The van der Waals surface area contributed by atoms with Gasteiger partial charge in [-0.1, -0.05) is 51.1 Å². The first-order chi connectivity index (χ1) is 24.7. The molecule has 3 aromatic carbocycles. The van der Waals surface area contributed by atoms with Crippen molar-refractivity contribution < 1.29 is 32.6 Å². The summed E-state index contributed by atoms with van der Waals surface area (Å²) in [6.45, 7) is 20.8. The molecule has 1 aromatic heterocycles. The molecule has 53 heavy (non-hydrogen) atoms. The highest BCUT2D eigenvalue weighted by atomic mass is 28.4. The van der Waals surface area contributed by atoms with Gasteiger partial charge in [-0.15, -0.1) is 0 Å². The van der Waals surface area contributed by atoms with E-state index in [2.05, 4.69) is 43.7 Å². The fourth-order valence-corrected chi connectivity index (χ4v) is 7.93. The number of anilines is 1.